The molecule has 280 valence electrons. The number of phenolic OH excluding ortho intramolecular Hbond substituents is 1. The zero-order valence-electron chi connectivity index (χ0n) is 30.7. The molecule has 14 heteroatoms. The van der Waals surface area contributed by atoms with Gasteiger partial charge in [-0.2, -0.15) is 0 Å². The number of halogens is 1. The summed E-state index contributed by atoms with van der Waals surface area (Å²) in [7, 11) is 5.99. The summed E-state index contributed by atoms with van der Waals surface area (Å²) >= 11 is 6.33. The lowest BCUT2D eigenvalue weighted by atomic mass is 9.96. The molecule has 0 radical (unpaired) electrons. The predicted octanol–water partition coefficient (Wildman–Crippen LogP) is 5.93. The number of urea groups is 1. The molecule has 0 aromatic heterocycles. The Labute approximate surface area is 308 Å². The van der Waals surface area contributed by atoms with E-state index in [2.05, 4.69) is 5.32 Å². The molecule has 0 spiro atoms. The van der Waals surface area contributed by atoms with Gasteiger partial charge in [0, 0.05) is 23.7 Å². The van der Waals surface area contributed by atoms with Crippen molar-refractivity contribution in [1.82, 2.24) is 15.1 Å². The summed E-state index contributed by atoms with van der Waals surface area (Å²) in [4.78, 5) is 57.6. The number of carbonyl (C=O) groups excluding carboxylic acids is 4. The monoisotopic (exact) mass is 739 g/mol. The zero-order valence-corrected chi connectivity index (χ0v) is 31.5. The van der Waals surface area contributed by atoms with E-state index in [1.807, 2.05) is 6.92 Å². The number of nitrogens with one attached hydrogen (secondary N) is 1. The average molecular weight is 740 g/mol. The number of hydrogen-bond acceptors (Lipinski definition) is 10. The van der Waals surface area contributed by atoms with E-state index in [0.717, 1.165) is 4.90 Å². The van der Waals surface area contributed by atoms with Gasteiger partial charge in [0.15, 0.2) is 0 Å². The summed E-state index contributed by atoms with van der Waals surface area (Å²) in [5.74, 6) is -1.18. The molecule has 4 amide bonds. The number of benzene rings is 3. The van der Waals surface area contributed by atoms with E-state index < -0.39 is 47.9 Å². The number of amides is 4. The van der Waals surface area contributed by atoms with Crippen molar-refractivity contribution in [2.24, 2.45) is 5.92 Å². The van der Waals surface area contributed by atoms with Crippen LogP contribution in [0, 0.1) is 5.92 Å². The molecule has 0 bridgehead atoms. The molecule has 1 heterocycles. The van der Waals surface area contributed by atoms with E-state index in [-0.39, 0.29) is 30.8 Å². The van der Waals surface area contributed by atoms with Gasteiger partial charge in [-0.1, -0.05) is 24.6 Å². The maximum absolute atomic E-state index is 14.3. The maximum atomic E-state index is 14.3. The largest absolute Gasteiger partial charge is 0.507 e. The minimum atomic E-state index is -0.896. The second-order valence-electron chi connectivity index (χ2n) is 13.3. The fraction of sp³-hybridized carbons (Fsp3) is 0.421. The summed E-state index contributed by atoms with van der Waals surface area (Å²) < 4.78 is 27.6. The van der Waals surface area contributed by atoms with Crippen LogP contribution in [0.3, 0.4) is 0 Å². The van der Waals surface area contributed by atoms with Crippen molar-refractivity contribution in [3.8, 4) is 28.7 Å². The number of nitrogens with zero attached hydrogens (tertiary/aromatic N) is 2. The van der Waals surface area contributed by atoms with Gasteiger partial charge in [-0.15, -0.1) is 0 Å². The summed E-state index contributed by atoms with van der Waals surface area (Å²) in [6.07, 6.45) is 0.452. The molecule has 0 saturated carbocycles. The van der Waals surface area contributed by atoms with Crippen molar-refractivity contribution in [2.45, 2.75) is 58.7 Å². The van der Waals surface area contributed by atoms with E-state index in [9.17, 15) is 24.3 Å². The SMILES string of the molecule is CC[C@@H](NC(=O)N1CC(=O)N(Cc2c(OC)cc(OC)cc2OC)C[C@@H](Cc2cc(Cl)ccc2OC)C1=O)c1ccc(O)c(C(=O)OC(C)(C)C)c1. The first-order valence-electron chi connectivity index (χ1n) is 16.7. The van der Waals surface area contributed by atoms with Crippen LogP contribution in [0.25, 0.3) is 0 Å². The van der Waals surface area contributed by atoms with E-state index in [0.29, 0.717) is 51.1 Å². The van der Waals surface area contributed by atoms with Crippen molar-refractivity contribution in [3.05, 3.63) is 75.8 Å². The minimum absolute atomic E-state index is 0.000367. The standard InChI is InChI=1S/C38H46ClN3O10/c1-9-29(22-10-12-30(43)27(16-22)36(46)52-38(2,3)4)40-37(47)42-21-34(44)41(20-28-32(50-7)17-26(48-5)18-33(28)51-8)19-24(35(42)45)14-23-15-25(39)11-13-31(23)49-6/h10-13,15-18,24,29,43H,9,14,19-21H2,1-8H3,(H,40,47)/t24-,29-/m1/s1. The number of aromatic hydroxyl groups is 1. The molecule has 0 aliphatic carbocycles. The molecule has 2 N–H and O–H groups in total. The Balaban J connectivity index is 1.70. The van der Waals surface area contributed by atoms with Gasteiger partial charge in [0.05, 0.1) is 52.5 Å². The predicted molar refractivity (Wildman–Crippen MR) is 193 cm³/mol. The molecule has 0 unspecified atom stereocenters. The van der Waals surface area contributed by atoms with Crippen LogP contribution in [0.2, 0.25) is 5.02 Å². The van der Waals surface area contributed by atoms with Crippen LogP contribution in [-0.2, 0) is 27.3 Å². The number of methoxy groups -OCH3 is 4. The van der Waals surface area contributed by atoms with Crippen LogP contribution in [-0.4, -0.2) is 85.9 Å². The van der Waals surface area contributed by atoms with Crippen LogP contribution >= 0.6 is 11.6 Å². The van der Waals surface area contributed by atoms with Gasteiger partial charge >= 0.3 is 12.0 Å². The third kappa shape index (κ3) is 9.38. The lowest BCUT2D eigenvalue weighted by molar-refractivity contribution is -0.135. The second-order valence-corrected chi connectivity index (χ2v) is 13.7. The van der Waals surface area contributed by atoms with Crippen LogP contribution in [0.5, 0.6) is 28.7 Å². The van der Waals surface area contributed by atoms with Crippen molar-refractivity contribution in [2.75, 3.05) is 41.5 Å². The Morgan fingerprint density at radius 1 is 0.942 bits per heavy atom. The third-order valence-corrected chi connectivity index (χ3v) is 8.80. The summed E-state index contributed by atoms with van der Waals surface area (Å²) in [6, 6.07) is 11.2. The van der Waals surface area contributed by atoms with Gasteiger partial charge < -0.3 is 39.0 Å². The fourth-order valence-corrected chi connectivity index (χ4v) is 6.16. The number of rotatable bonds is 12. The van der Waals surface area contributed by atoms with Gasteiger partial charge in [-0.25, -0.2) is 9.59 Å². The Bertz CT molecular complexity index is 1780. The highest BCUT2D eigenvalue weighted by Crippen LogP contribution is 2.36. The first-order chi connectivity index (χ1) is 24.6. The summed E-state index contributed by atoms with van der Waals surface area (Å²) in [5.41, 5.74) is 0.775. The highest BCUT2D eigenvalue weighted by Gasteiger charge is 2.39. The van der Waals surface area contributed by atoms with E-state index >= 15 is 0 Å². The third-order valence-electron chi connectivity index (χ3n) is 8.57. The molecule has 1 fully saturated rings. The topological polar surface area (TPSA) is 153 Å². The fourth-order valence-electron chi connectivity index (χ4n) is 5.97. The molecule has 3 aromatic carbocycles. The normalized spacial score (nSPS) is 15.4. The smallest absolute Gasteiger partial charge is 0.342 e. The Kier molecular flexibility index (Phi) is 12.9. The molecular formula is C38H46ClN3O10. The number of carbonyl (C=O) groups is 4. The minimum Gasteiger partial charge on any atom is -0.507 e. The quantitative estimate of drug-likeness (QED) is 0.214. The zero-order chi connectivity index (χ0) is 38.3. The Morgan fingerprint density at radius 3 is 2.17 bits per heavy atom. The van der Waals surface area contributed by atoms with Crippen molar-refractivity contribution in [1.29, 1.82) is 0 Å². The van der Waals surface area contributed by atoms with Crippen LogP contribution < -0.4 is 24.3 Å². The molecule has 1 saturated heterocycles. The van der Waals surface area contributed by atoms with Crippen LogP contribution in [0.15, 0.2) is 48.5 Å². The maximum Gasteiger partial charge on any atom is 0.342 e. The molecule has 3 aromatic rings. The molecule has 52 heavy (non-hydrogen) atoms. The first kappa shape index (κ1) is 39.6. The van der Waals surface area contributed by atoms with Crippen LogP contribution in [0.4, 0.5) is 4.79 Å². The first-order valence-corrected chi connectivity index (χ1v) is 17.1. The van der Waals surface area contributed by atoms with Crippen molar-refractivity contribution >= 4 is 35.4 Å². The Hall–Kier alpha value is -5.17. The van der Waals surface area contributed by atoms with E-state index in [4.69, 9.17) is 35.3 Å². The van der Waals surface area contributed by atoms with Gasteiger partial charge in [0.1, 0.15) is 46.5 Å². The summed E-state index contributed by atoms with van der Waals surface area (Å²) in [5, 5.41) is 13.7. The van der Waals surface area contributed by atoms with E-state index in [1.54, 1.807) is 57.2 Å². The molecule has 1 aliphatic rings. The summed E-state index contributed by atoms with van der Waals surface area (Å²) in [6.45, 7) is 6.34. The lowest BCUT2D eigenvalue weighted by Crippen LogP contribution is -2.48. The second kappa shape index (κ2) is 16.9. The molecule has 13 nitrogen and oxygen atoms in total. The van der Waals surface area contributed by atoms with Gasteiger partial charge in [-0.3, -0.25) is 14.5 Å². The number of phenols is 1. The molecule has 2 atom stereocenters. The van der Waals surface area contributed by atoms with Gasteiger partial charge in [0.2, 0.25) is 11.8 Å². The molecular weight excluding hydrogens is 694 g/mol. The number of ether oxygens (including phenoxy) is 5. The van der Waals surface area contributed by atoms with Crippen molar-refractivity contribution in [3.63, 3.8) is 0 Å². The van der Waals surface area contributed by atoms with Crippen LogP contribution in [0.1, 0.15) is 67.2 Å². The van der Waals surface area contributed by atoms with E-state index in [1.165, 1.54) is 45.5 Å². The Morgan fingerprint density at radius 2 is 1.60 bits per heavy atom. The van der Waals surface area contributed by atoms with Gasteiger partial charge in [-0.05, 0) is 75.1 Å². The van der Waals surface area contributed by atoms with Gasteiger partial charge in [0.25, 0.3) is 0 Å². The number of imide groups is 1. The number of esters is 1. The van der Waals surface area contributed by atoms with Crippen molar-refractivity contribution < 1.29 is 48.0 Å². The lowest BCUT2D eigenvalue weighted by Gasteiger charge is -2.26. The highest BCUT2D eigenvalue weighted by molar-refractivity contribution is 6.30. The molecule has 1 aliphatic heterocycles. The number of hydrogen-bond donors (Lipinski definition) is 2. The molecule has 4 rings (SSSR count). The highest BCUT2D eigenvalue weighted by atomic mass is 35.5. The average Bonchev–Trinajstić information content (AvgIpc) is 3.21.